The van der Waals surface area contributed by atoms with Crippen molar-refractivity contribution in [2.24, 2.45) is 0 Å². The second kappa shape index (κ2) is 9.53. The molecule has 0 spiro atoms. The molecule has 0 radical (unpaired) electrons. The number of rotatable bonds is 8. The van der Waals surface area contributed by atoms with Crippen molar-refractivity contribution < 1.29 is 19.1 Å². The van der Waals surface area contributed by atoms with Crippen LogP contribution in [0, 0.1) is 13.8 Å². The summed E-state index contributed by atoms with van der Waals surface area (Å²) in [4.78, 5) is 28.2. The highest BCUT2D eigenvalue weighted by Crippen LogP contribution is 2.12. The summed E-state index contributed by atoms with van der Waals surface area (Å²) in [6.45, 7) is 4.67. The Hall–Kier alpha value is -2.93. The Morgan fingerprint density at radius 2 is 1.88 bits per heavy atom. The number of anilines is 1. The molecule has 0 saturated carbocycles. The van der Waals surface area contributed by atoms with E-state index in [1.54, 1.807) is 31.4 Å². The zero-order chi connectivity index (χ0) is 18.9. The number of carbonyl (C=O) groups is 2. The minimum Gasteiger partial charge on any atom is -0.475 e. The quantitative estimate of drug-likeness (QED) is 0.706. The molecule has 0 aliphatic rings. The third kappa shape index (κ3) is 5.86. The SMILES string of the molecule is COCCOc1ccc(NC(=O)CNC(=O)c2ccc(C)c(C)c2)cn1. The predicted molar refractivity (Wildman–Crippen MR) is 98.5 cm³/mol. The van der Waals surface area contributed by atoms with Crippen LogP contribution in [0.3, 0.4) is 0 Å². The van der Waals surface area contributed by atoms with Crippen molar-refractivity contribution in [1.29, 1.82) is 0 Å². The van der Waals surface area contributed by atoms with Crippen LogP contribution < -0.4 is 15.4 Å². The molecule has 0 fully saturated rings. The van der Waals surface area contributed by atoms with Gasteiger partial charge in [0.15, 0.2) is 0 Å². The molecule has 0 aliphatic carbocycles. The molecular weight excluding hydrogens is 334 g/mol. The van der Waals surface area contributed by atoms with Crippen LogP contribution in [0.15, 0.2) is 36.5 Å². The molecule has 2 rings (SSSR count). The molecule has 0 aliphatic heterocycles. The number of carbonyl (C=O) groups excluding carboxylic acids is 2. The first-order chi connectivity index (χ1) is 12.5. The first kappa shape index (κ1) is 19.4. The second-order valence-electron chi connectivity index (χ2n) is 5.76. The number of pyridine rings is 1. The Bertz CT molecular complexity index is 760. The van der Waals surface area contributed by atoms with Gasteiger partial charge in [-0.05, 0) is 43.2 Å². The van der Waals surface area contributed by atoms with Crippen LogP contribution in [0.25, 0.3) is 0 Å². The highest BCUT2D eigenvalue weighted by atomic mass is 16.5. The number of nitrogens with zero attached hydrogens (tertiary/aromatic N) is 1. The summed E-state index contributed by atoms with van der Waals surface area (Å²) < 4.78 is 10.2. The average molecular weight is 357 g/mol. The fraction of sp³-hybridized carbons (Fsp3) is 0.316. The van der Waals surface area contributed by atoms with Crippen molar-refractivity contribution in [3.8, 4) is 5.88 Å². The monoisotopic (exact) mass is 357 g/mol. The maximum atomic E-state index is 12.1. The number of aryl methyl sites for hydroxylation is 2. The second-order valence-corrected chi connectivity index (χ2v) is 5.76. The molecule has 26 heavy (non-hydrogen) atoms. The number of nitrogens with one attached hydrogen (secondary N) is 2. The lowest BCUT2D eigenvalue weighted by Crippen LogP contribution is -2.32. The molecule has 0 bridgehead atoms. The van der Waals surface area contributed by atoms with E-state index in [0.29, 0.717) is 30.3 Å². The lowest BCUT2D eigenvalue weighted by atomic mass is 10.1. The third-order valence-electron chi connectivity index (χ3n) is 3.74. The van der Waals surface area contributed by atoms with Gasteiger partial charge in [-0.1, -0.05) is 6.07 Å². The van der Waals surface area contributed by atoms with Crippen molar-refractivity contribution >= 4 is 17.5 Å². The Balaban J connectivity index is 1.80. The zero-order valence-electron chi connectivity index (χ0n) is 15.2. The van der Waals surface area contributed by atoms with E-state index in [2.05, 4.69) is 15.6 Å². The van der Waals surface area contributed by atoms with Gasteiger partial charge in [0, 0.05) is 18.7 Å². The number of benzene rings is 1. The van der Waals surface area contributed by atoms with E-state index in [4.69, 9.17) is 9.47 Å². The molecular formula is C19H23N3O4. The Labute approximate surface area is 152 Å². The van der Waals surface area contributed by atoms with Gasteiger partial charge < -0.3 is 20.1 Å². The van der Waals surface area contributed by atoms with Crippen LogP contribution in [0.5, 0.6) is 5.88 Å². The maximum Gasteiger partial charge on any atom is 0.251 e. The van der Waals surface area contributed by atoms with E-state index in [1.807, 2.05) is 19.9 Å². The summed E-state index contributed by atoms with van der Waals surface area (Å²) in [6.07, 6.45) is 1.49. The van der Waals surface area contributed by atoms with Gasteiger partial charge in [0.2, 0.25) is 11.8 Å². The number of aromatic nitrogens is 1. The number of methoxy groups -OCH3 is 1. The Kier molecular flexibility index (Phi) is 7.11. The van der Waals surface area contributed by atoms with Crippen molar-refractivity contribution in [2.45, 2.75) is 13.8 Å². The van der Waals surface area contributed by atoms with Crippen LogP contribution in [0.1, 0.15) is 21.5 Å². The zero-order valence-corrected chi connectivity index (χ0v) is 15.2. The van der Waals surface area contributed by atoms with Crippen LogP contribution in [-0.4, -0.2) is 43.7 Å². The smallest absolute Gasteiger partial charge is 0.251 e. The lowest BCUT2D eigenvalue weighted by molar-refractivity contribution is -0.115. The Morgan fingerprint density at radius 1 is 1.08 bits per heavy atom. The van der Waals surface area contributed by atoms with Gasteiger partial charge >= 0.3 is 0 Å². The number of amides is 2. The molecule has 1 heterocycles. The van der Waals surface area contributed by atoms with Gasteiger partial charge in [-0.3, -0.25) is 9.59 Å². The molecule has 2 aromatic rings. The fourth-order valence-electron chi connectivity index (χ4n) is 2.12. The average Bonchev–Trinajstić information content (AvgIpc) is 2.63. The largest absolute Gasteiger partial charge is 0.475 e. The van der Waals surface area contributed by atoms with Crippen LogP contribution in [0.4, 0.5) is 5.69 Å². The molecule has 0 saturated heterocycles. The molecule has 1 aromatic carbocycles. The van der Waals surface area contributed by atoms with E-state index in [1.165, 1.54) is 6.20 Å². The lowest BCUT2D eigenvalue weighted by Gasteiger charge is -2.09. The van der Waals surface area contributed by atoms with Gasteiger partial charge in [0.05, 0.1) is 25.0 Å². The van der Waals surface area contributed by atoms with E-state index < -0.39 is 0 Å². The number of ether oxygens (including phenoxy) is 2. The standard InChI is InChI=1S/C19H23N3O4/c1-13-4-5-15(10-14(13)2)19(24)21-12-17(23)22-16-6-7-18(20-11-16)26-9-8-25-3/h4-7,10-11H,8-9,12H2,1-3H3,(H,21,24)(H,22,23). The normalized spacial score (nSPS) is 10.3. The first-order valence-electron chi connectivity index (χ1n) is 8.22. The van der Waals surface area contributed by atoms with Gasteiger partial charge in [-0.2, -0.15) is 0 Å². The van der Waals surface area contributed by atoms with E-state index in [9.17, 15) is 9.59 Å². The summed E-state index contributed by atoms with van der Waals surface area (Å²) in [5, 5.41) is 5.27. The van der Waals surface area contributed by atoms with Crippen molar-refractivity contribution in [1.82, 2.24) is 10.3 Å². The number of hydrogen-bond acceptors (Lipinski definition) is 5. The number of hydrogen-bond donors (Lipinski definition) is 2. The first-order valence-corrected chi connectivity index (χ1v) is 8.22. The van der Waals surface area contributed by atoms with E-state index in [-0.39, 0.29) is 18.4 Å². The minimum atomic E-state index is -0.336. The summed E-state index contributed by atoms with van der Waals surface area (Å²) in [5.41, 5.74) is 3.19. The molecule has 7 heteroatoms. The van der Waals surface area contributed by atoms with Crippen LogP contribution >= 0.6 is 0 Å². The maximum absolute atomic E-state index is 12.1. The summed E-state index contributed by atoms with van der Waals surface area (Å²) in [7, 11) is 1.59. The van der Waals surface area contributed by atoms with Gasteiger partial charge in [-0.15, -0.1) is 0 Å². The van der Waals surface area contributed by atoms with Crippen molar-refractivity contribution in [2.75, 3.05) is 32.2 Å². The highest BCUT2D eigenvalue weighted by Gasteiger charge is 2.09. The predicted octanol–water partition coefficient (Wildman–Crippen LogP) is 2.09. The third-order valence-corrected chi connectivity index (χ3v) is 3.74. The fourth-order valence-corrected chi connectivity index (χ4v) is 2.12. The molecule has 0 atom stereocenters. The highest BCUT2D eigenvalue weighted by molar-refractivity contribution is 5.99. The molecule has 7 nitrogen and oxygen atoms in total. The minimum absolute atomic E-state index is 0.127. The molecule has 0 unspecified atom stereocenters. The molecule has 138 valence electrons. The summed E-state index contributed by atoms with van der Waals surface area (Å²) >= 11 is 0. The van der Waals surface area contributed by atoms with Crippen LogP contribution in [-0.2, 0) is 9.53 Å². The van der Waals surface area contributed by atoms with Crippen LogP contribution in [0.2, 0.25) is 0 Å². The van der Waals surface area contributed by atoms with Gasteiger partial charge in [0.1, 0.15) is 6.61 Å². The summed E-state index contributed by atoms with van der Waals surface area (Å²) in [5.74, 6) is -0.177. The van der Waals surface area contributed by atoms with Crippen molar-refractivity contribution in [3.63, 3.8) is 0 Å². The van der Waals surface area contributed by atoms with Gasteiger partial charge in [0.25, 0.3) is 5.91 Å². The Morgan fingerprint density at radius 3 is 2.54 bits per heavy atom. The molecule has 2 amide bonds. The van der Waals surface area contributed by atoms with Gasteiger partial charge in [-0.25, -0.2) is 4.98 Å². The van der Waals surface area contributed by atoms with Crippen molar-refractivity contribution in [3.05, 3.63) is 53.2 Å². The molecule has 1 aromatic heterocycles. The molecule has 2 N–H and O–H groups in total. The topological polar surface area (TPSA) is 89.5 Å². The van der Waals surface area contributed by atoms with E-state index in [0.717, 1.165) is 11.1 Å². The van der Waals surface area contributed by atoms with E-state index >= 15 is 0 Å². The summed E-state index contributed by atoms with van der Waals surface area (Å²) in [6, 6.07) is 8.75.